The predicted octanol–water partition coefficient (Wildman–Crippen LogP) is 4.56. The standard InChI is InChI=1S/C14H10ClF3N2O/c1-9(10-5-3-2-4-6-10)20-21-13-12(15)7-11(8-19-13)14(16,17)18/h2-8H,1H3/b20-9-. The fourth-order valence-corrected chi connectivity index (χ4v) is 1.69. The lowest BCUT2D eigenvalue weighted by atomic mass is 10.1. The fraction of sp³-hybridized carbons (Fsp3) is 0.143. The van der Waals surface area contributed by atoms with Crippen molar-refractivity contribution in [3.8, 4) is 5.88 Å². The molecule has 0 aliphatic carbocycles. The molecule has 0 aliphatic heterocycles. The van der Waals surface area contributed by atoms with E-state index in [1.165, 1.54) is 0 Å². The van der Waals surface area contributed by atoms with Crippen LogP contribution in [0.25, 0.3) is 0 Å². The minimum atomic E-state index is -4.50. The molecule has 1 aromatic heterocycles. The van der Waals surface area contributed by atoms with Gasteiger partial charge in [-0.25, -0.2) is 4.98 Å². The van der Waals surface area contributed by atoms with Gasteiger partial charge >= 0.3 is 6.18 Å². The first-order valence-corrected chi connectivity index (χ1v) is 6.25. The summed E-state index contributed by atoms with van der Waals surface area (Å²) in [6.45, 7) is 1.70. The fourth-order valence-electron chi connectivity index (χ4n) is 1.49. The van der Waals surface area contributed by atoms with Crippen LogP contribution in [0.5, 0.6) is 5.88 Å². The van der Waals surface area contributed by atoms with Gasteiger partial charge in [0.2, 0.25) is 0 Å². The van der Waals surface area contributed by atoms with Gasteiger partial charge in [0.15, 0.2) is 0 Å². The number of nitrogens with zero attached hydrogens (tertiary/aromatic N) is 2. The highest BCUT2D eigenvalue weighted by Crippen LogP contribution is 2.33. The Kier molecular flexibility index (Phi) is 4.47. The molecule has 21 heavy (non-hydrogen) atoms. The Morgan fingerprint density at radius 1 is 1.24 bits per heavy atom. The zero-order valence-electron chi connectivity index (χ0n) is 10.9. The number of oxime groups is 1. The predicted molar refractivity (Wildman–Crippen MR) is 73.5 cm³/mol. The van der Waals surface area contributed by atoms with Crippen LogP contribution in [0.1, 0.15) is 18.1 Å². The molecule has 0 bridgehead atoms. The monoisotopic (exact) mass is 314 g/mol. The molecule has 1 aromatic carbocycles. The Hall–Kier alpha value is -2.08. The minimum absolute atomic E-state index is 0.181. The first-order valence-electron chi connectivity index (χ1n) is 5.87. The van der Waals surface area contributed by atoms with E-state index < -0.39 is 11.7 Å². The van der Waals surface area contributed by atoms with Crippen LogP contribution in [0.15, 0.2) is 47.8 Å². The first-order chi connectivity index (χ1) is 9.88. The maximum atomic E-state index is 12.5. The highest BCUT2D eigenvalue weighted by atomic mass is 35.5. The maximum Gasteiger partial charge on any atom is 0.417 e. The number of hydrogen-bond acceptors (Lipinski definition) is 3. The summed E-state index contributed by atoms with van der Waals surface area (Å²) in [5.74, 6) is -0.181. The van der Waals surface area contributed by atoms with Crippen LogP contribution < -0.4 is 4.84 Å². The summed E-state index contributed by atoms with van der Waals surface area (Å²) in [6, 6.07) is 9.91. The Balaban J connectivity index is 2.17. The van der Waals surface area contributed by atoms with E-state index in [1.54, 1.807) is 6.92 Å². The topological polar surface area (TPSA) is 34.5 Å². The summed E-state index contributed by atoms with van der Waals surface area (Å²) in [7, 11) is 0. The van der Waals surface area contributed by atoms with Gasteiger partial charge in [0.05, 0.1) is 11.3 Å². The van der Waals surface area contributed by atoms with E-state index in [9.17, 15) is 13.2 Å². The van der Waals surface area contributed by atoms with Crippen LogP contribution in [-0.2, 0) is 6.18 Å². The Morgan fingerprint density at radius 2 is 1.90 bits per heavy atom. The lowest BCUT2D eigenvalue weighted by molar-refractivity contribution is -0.137. The van der Waals surface area contributed by atoms with Crippen LogP contribution in [0.2, 0.25) is 5.02 Å². The zero-order valence-corrected chi connectivity index (χ0v) is 11.6. The average Bonchev–Trinajstić information content (AvgIpc) is 2.45. The third-order valence-electron chi connectivity index (χ3n) is 2.60. The van der Waals surface area contributed by atoms with Crippen LogP contribution in [0.3, 0.4) is 0 Å². The molecule has 0 atom stereocenters. The summed E-state index contributed by atoms with van der Waals surface area (Å²) in [6.07, 6.45) is -3.85. The number of alkyl halides is 3. The quantitative estimate of drug-likeness (QED) is 0.615. The molecule has 0 aliphatic rings. The molecule has 110 valence electrons. The van der Waals surface area contributed by atoms with Crippen molar-refractivity contribution in [1.29, 1.82) is 0 Å². The van der Waals surface area contributed by atoms with Gasteiger partial charge in [-0.1, -0.05) is 47.1 Å². The van der Waals surface area contributed by atoms with Gasteiger partial charge in [-0.15, -0.1) is 0 Å². The molecule has 0 saturated heterocycles. The van der Waals surface area contributed by atoms with Gasteiger partial charge in [-0.05, 0) is 18.6 Å². The van der Waals surface area contributed by atoms with Crippen molar-refractivity contribution in [3.05, 3.63) is 58.7 Å². The molecule has 2 aromatic rings. The van der Waals surface area contributed by atoms with E-state index >= 15 is 0 Å². The molecule has 0 fully saturated rings. The largest absolute Gasteiger partial charge is 0.417 e. The molecule has 0 unspecified atom stereocenters. The van der Waals surface area contributed by atoms with E-state index in [4.69, 9.17) is 16.4 Å². The van der Waals surface area contributed by atoms with Crippen molar-refractivity contribution < 1.29 is 18.0 Å². The maximum absolute atomic E-state index is 12.5. The SMILES string of the molecule is C/C(=N/Oc1ncc(C(F)(F)F)cc1Cl)c1ccccc1. The van der Waals surface area contributed by atoms with E-state index in [0.29, 0.717) is 11.9 Å². The van der Waals surface area contributed by atoms with Gasteiger partial charge in [0.25, 0.3) is 5.88 Å². The van der Waals surface area contributed by atoms with Crippen LogP contribution in [0, 0.1) is 0 Å². The van der Waals surface area contributed by atoms with E-state index in [2.05, 4.69) is 10.1 Å². The molecular formula is C14H10ClF3N2O. The number of benzene rings is 1. The van der Waals surface area contributed by atoms with E-state index in [1.807, 2.05) is 30.3 Å². The second-order valence-electron chi connectivity index (χ2n) is 4.14. The minimum Gasteiger partial charge on any atom is -0.335 e. The van der Waals surface area contributed by atoms with Crippen LogP contribution in [-0.4, -0.2) is 10.7 Å². The normalized spacial score (nSPS) is 12.3. The molecule has 0 spiro atoms. The molecule has 7 heteroatoms. The summed E-state index contributed by atoms with van der Waals surface area (Å²) < 4.78 is 37.4. The number of rotatable bonds is 3. The average molecular weight is 315 g/mol. The molecule has 0 saturated carbocycles. The van der Waals surface area contributed by atoms with Gasteiger partial charge in [-0.3, -0.25) is 0 Å². The third-order valence-corrected chi connectivity index (χ3v) is 2.87. The summed E-state index contributed by atoms with van der Waals surface area (Å²) >= 11 is 5.71. The second kappa shape index (κ2) is 6.13. The smallest absolute Gasteiger partial charge is 0.335 e. The van der Waals surface area contributed by atoms with Crippen molar-refractivity contribution in [2.24, 2.45) is 5.16 Å². The Morgan fingerprint density at radius 3 is 2.48 bits per heavy atom. The van der Waals surface area contributed by atoms with Gasteiger partial charge in [0.1, 0.15) is 5.02 Å². The second-order valence-corrected chi connectivity index (χ2v) is 4.55. The van der Waals surface area contributed by atoms with Gasteiger partial charge in [-0.2, -0.15) is 13.2 Å². The third kappa shape index (κ3) is 3.95. The van der Waals surface area contributed by atoms with Crippen molar-refractivity contribution >= 4 is 17.3 Å². The highest BCUT2D eigenvalue weighted by Gasteiger charge is 2.31. The Bertz CT molecular complexity index is 657. The molecule has 3 nitrogen and oxygen atoms in total. The van der Waals surface area contributed by atoms with Crippen molar-refractivity contribution in [3.63, 3.8) is 0 Å². The lowest BCUT2D eigenvalue weighted by Crippen LogP contribution is -2.06. The van der Waals surface area contributed by atoms with Crippen molar-refractivity contribution in [2.75, 3.05) is 0 Å². The zero-order chi connectivity index (χ0) is 15.5. The molecule has 0 radical (unpaired) electrons. The number of aromatic nitrogens is 1. The van der Waals surface area contributed by atoms with Crippen LogP contribution in [0.4, 0.5) is 13.2 Å². The lowest BCUT2D eigenvalue weighted by Gasteiger charge is -2.08. The highest BCUT2D eigenvalue weighted by molar-refractivity contribution is 6.31. The molecule has 2 rings (SSSR count). The summed E-state index contributed by atoms with van der Waals surface area (Å²) in [4.78, 5) is 8.53. The molecular weight excluding hydrogens is 305 g/mol. The van der Waals surface area contributed by atoms with Crippen molar-refractivity contribution in [1.82, 2.24) is 4.98 Å². The van der Waals surface area contributed by atoms with Crippen LogP contribution >= 0.6 is 11.6 Å². The summed E-state index contributed by atoms with van der Waals surface area (Å²) in [5.41, 5.74) is 0.428. The molecule has 0 N–H and O–H groups in total. The van der Waals surface area contributed by atoms with Crippen molar-refractivity contribution in [2.45, 2.75) is 13.1 Å². The van der Waals surface area contributed by atoms with E-state index in [0.717, 1.165) is 11.6 Å². The first kappa shape index (κ1) is 15.3. The summed E-state index contributed by atoms with van der Waals surface area (Å²) in [5, 5.41) is 3.55. The number of hydrogen-bond donors (Lipinski definition) is 0. The number of halogens is 4. The number of pyridine rings is 1. The molecule has 0 amide bonds. The van der Waals surface area contributed by atoms with Gasteiger partial charge < -0.3 is 4.84 Å². The molecule has 1 heterocycles. The van der Waals surface area contributed by atoms with E-state index in [-0.39, 0.29) is 10.9 Å². The van der Waals surface area contributed by atoms with Gasteiger partial charge in [0, 0.05) is 6.20 Å². The Labute approximate surface area is 124 Å².